The van der Waals surface area contributed by atoms with Crippen molar-refractivity contribution in [3.05, 3.63) is 77.1 Å². The number of aromatic amines is 1. The number of fused-ring (bicyclic) bond motifs is 1. The summed E-state index contributed by atoms with van der Waals surface area (Å²) in [7, 11) is -3.80. The molecule has 1 aliphatic rings. The summed E-state index contributed by atoms with van der Waals surface area (Å²) >= 11 is 6.04. The van der Waals surface area contributed by atoms with Crippen molar-refractivity contribution in [2.45, 2.75) is 24.4 Å². The Morgan fingerprint density at radius 2 is 1.97 bits per heavy atom. The van der Waals surface area contributed by atoms with E-state index in [1.54, 1.807) is 47.4 Å². The molecule has 4 heterocycles. The highest BCUT2D eigenvalue weighted by Gasteiger charge is 2.37. The molecule has 3 aromatic heterocycles. The molecule has 1 fully saturated rings. The van der Waals surface area contributed by atoms with Gasteiger partial charge in [0.15, 0.2) is 6.20 Å². The molecule has 186 valence electrons. The second kappa shape index (κ2) is 9.49. The zero-order chi connectivity index (χ0) is 25.4. The fraction of sp³-hybridized carbons (Fsp3) is 0.250. The number of hydrogen-bond donors (Lipinski definition) is 1. The van der Waals surface area contributed by atoms with Crippen LogP contribution < -0.4 is 4.73 Å². The van der Waals surface area contributed by atoms with Gasteiger partial charge in [0, 0.05) is 66.1 Å². The minimum Gasteiger partial charge on any atom is -0.618 e. The fourth-order valence-corrected chi connectivity index (χ4v) is 6.03. The first-order chi connectivity index (χ1) is 17.3. The number of pyridine rings is 1. The summed E-state index contributed by atoms with van der Waals surface area (Å²) in [6.07, 6.45) is 4.80. The number of halogens is 1. The lowest BCUT2D eigenvalue weighted by Gasteiger charge is -2.39. The van der Waals surface area contributed by atoms with Crippen LogP contribution in [0.3, 0.4) is 0 Å². The highest BCUT2D eigenvalue weighted by atomic mass is 35.5. The molecule has 1 aromatic carbocycles. The second-order valence-corrected chi connectivity index (χ2v) is 10.8. The zero-order valence-electron chi connectivity index (χ0n) is 19.3. The maximum absolute atomic E-state index is 13.4. The number of piperazine rings is 1. The van der Waals surface area contributed by atoms with E-state index in [9.17, 15) is 18.4 Å². The third-order valence-corrected chi connectivity index (χ3v) is 8.34. The van der Waals surface area contributed by atoms with Crippen molar-refractivity contribution in [1.82, 2.24) is 24.2 Å². The van der Waals surface area contributed by atoms with Gasteiger partial charge in [-0.05, 0) is 36.8 Å². The minimum atomic E-state index is -3.80. The molecule has 1 saturated heterocycles. The van der Waals surface area contributed by atoms with Crippen molar-refractivity contribution >= 4 is 38.4 Å². The van der Waals surface area contributed by atoms with Crippen molar-refractivity contribution in [2.24, 2.45) is 0 Å². The average molecular weight is 527 g/mol. The molecule has 36 heavy (non-hydrogen) atoms. The van der Waals surface area contributed by atoms with E-state index in [4.69, 9.17) is 11.6 Å². The lowest BCUT2D eigenvalue weighted by Crippen LogP contribution is -2.56. The summed E-state index contributed by atoms with van der Waals surface area (Å²) in [4.78, 5) is 26.2. The van der Waals surface area contributed by atoms with E-state index in [1.807, 2.05) is 6.92 Å². The van der Waals surface area contributed by atoms with Crippen LogP contribution in [0.4, 0.5) is 0 Å². The summed E-state index contributed by atoms with van der Waals surface area (Å²) in [5, 5.41) is 13.3. The van der Waals surface area contributed by atoms with E-state index in [0.717, 1.165) is 0 Å². The van der Waals surface area contributed by atoms with Gasteiger partial charge in [0.2, 0.25) is 11.5 Å². The van der Waals surface area contributed by atoms with Crippen LogP contribution >= 0.6 is 11.6 Å². The van der Waals surface area contributed by atoms with Crippen molar-refractivity contribution in [3.63, 3.8) is 0 Å². The van der Waals surface area contributed by atoms with Gasteiger partial charge in [0.05, 0.1) is 5.56 Å². The minimum absolute atomic E-state index is 0.00520. The van der Waals surface area contributed by atoms with Gasteiger partial charge in [-0.25, -0.2) is 18.4 Å². The number of rotatable bonds is 5. The van der Waals surface area contributed by atoms with Gasteiger partial charge in [-0.1, -0.05) is 18.5 Å². The largest absolute Gasteiger partial charge is 0.618 e. The van der Waals surface area contributed by atoms with Crippen LogP contribution in [-0.4, -0.2) is 64.2 Å². The molecule has 1 amide bonds. The third kappa shape index (κ3) is 4.41. The molecule has 5 rings (SSSR count). The number of aromatic nitrogens is 4. The zero-order valence-corrected chi connectivity index (χ0v) is 20.9. The summed E-state index contributed by atoms with van der Waals surface area (Å²) in [6.45, 7) is 2.39. The molecule has 1 atom stereocenters. The Bertz CT molecular complexity index is 1540. The Labute approximate surface area is 212 Å². The van der Waals surface area contributed by atoms with Gasteiger partial charge < -0.3 is 15.1 Å². The Balaban J connectivity index is 1.33. The smallest absolute Gasteiger partial charge is 0.291 e. The summed E-state index contributed by atoms with van der Waals surface area (Å²) in [5.41, 5.74) is 1.54. The second-order valence-electron chi connectivity index (χ2n) is 8.50. The fourth-order valence-electron chi connectivity index (χ4n) is 4.37. The topological polar surface area (TPSA) is 126 Å². The van der Waals surface area contributed by atoms with Crippen LogP contribution in [0.15, 0.2) is 66.1 Å². The highest BCUT2D eigenvalue weighted by Crippen LogP contribution is 2.26. The first-order valence-electron chi connectivity index (χ1n) is 11.4. The number of benzene rings is 1. The molecular weight excluding hydrogens is 504 g/mol. The molecule has 1 N–H and O–H groups in total. The number of carbonyl (C=O) groups excluding carboxylic acids is 1. The molecule has 0 bridgehead atoms. The van der Waals surface area contributed by atoms with Gasteiger partial charge in [-0.3, -0.25) is 4.79 Å². The van der Waals surface area contributed by atoms with Crippen LogP contribution in [0.2, 0.25) is 5.02 Å². The Kier molecular flexibility index (Phi) is 6.37. The number of carbonyl (C=O) groups is 1. The Morgan fingerprint density at radius 1 is 1.19 bits per heavy atom. The molecule has 1 unspecified atom stereocenters. The molecule has 0 saturated carbocycles. The highest BCUT2D eigenvalue weighted by molar-refractivity contribution is 7.89. The molecule has 1 aliphatic heterocycles. The molecule has 10 nitrogen and oxygen atoms in total. The first-order valence-corrected chi connectivity index (χ1v) is 13.2. The monoisotopic (exact) mass is 526 g/mol. The number of sulfonamides is 1. The first kappa shape index (κ1) is 24.2. The maximum Gasteiger partial charge on any atom is 0.291 e. The predicted octanol–water partition coefficient (Wildman–Crippen LogP) is 2.84. The van der Waals surface area contributed by atoms with Crippen LogP contribution in [0.25, 0.3) is 22.2 Å². The van der Waals surface area contributed by atoms with Gasteiger partial charge in [0.25, 0.3) is 15.9 Å². The number of nitrogens with zero attached hydrogens (tertiary/aromatic N) is 5. The number of H-pyrrole nitrogens is 1. The molecule has 0 aliphatic carbocycles. The van der Waals surface area contributed by atoms with E-state index in [2.05, 4.69) is 15.0 Å². The lowest BCUT2D eigenvalue weighted by atomic mass is 10.1. The van der Waals surface area contributed by atoms with Crippen LogP contribution in [0, 0.1) is 5.21 Å². The summed E-state index contributed by atoms with van der Waals surface area (Å²) < 4.78 is 28.8. The summed E-state index contributed by atoms with van der Waals surface area (Å²) in [6, 6.07) is 11.4. The molecular formula is C24H23ClN6O4S. The maximum atomic E-state index is 13.4. The summed E-state index contributed by atoms with van der Waals surface area (Å²) in [5.74, 6) is -0.386. The van der Waals surface area contributed by atoms with Crippen LogP contribution in [-0.2, 0) is 10.0 Å². The van der Waals surface area contributed by atoms with Crippen molar-refractivity contribution in [2.75, 3.05) is 19.6 Å². The lowest BCUT2D eigenvalue weighted by molar-refractivity contribution is -0.593. The average Bonchev–Trinajstić information content (AvgIpc) is 3.32. The Morgan fingerprint density at radius 3 is 2.69 bits per heavy atom. The quantitative estimate of drug-likeness (QED) is 0.315. The standard InChI is InChI=1S/C24H23ClN6O4S/c1-2-19-15-29(36(34,35)22-12-16-11-18(25)6-7-20(16)28-22)9-10-30(19)24(32)23-26-13-17(14-27-23)21-5-3-4-8-31(21)33/h3-8,11-14,19,28H,2,9-10,15H2,1H3. The van der Waals surface area contributed by atoms with Crippen LogP contribution in [0.1, 0.15) is 24.0 Å². The molecule has 0 spiro atoms. The third-order valence-electron chi connectivity index (χ3n) is 6.32. The molecule has 12 heteroatoms. The van der Waals surface area contributed by atoms with Gasteiger partial charge >= 0.3 is 0 Å². The predicted molar refractivity (Wildman–Crippen MR) is 134 cm³/mol. The van der Waals surface area contributed by atoms with Crippen LogP contribution in [0.5, 0.6) is 0 Å². The van der Waals surface area contributed by atoms with E-state index >= 15 is 0 Å². The van der Waals surface area contributed by atoms with E-state index in [0.29, 0.717) is 38.3 Å². The van der Waals surface area contributed by atoms with E-state index in [-0.39, 0.29) is 42.4 Å². The normalized spacial score (nSPS) is 16.9. The van der Waals surface area contributed by atoms with Crippen molar-refractivity contribution in [3.8, 4) is 11.3 Å². The Hall–Kier alpha value is -3.54. The van der Waals surface area contributed by atoms with Crippen molar-refractivity contribution < 1.29 is 17.9 Å². The van der Waals surface area contributed by atoms with Gasteiger partial charge in [-0.15, -0.1) is 0 Å². The van der Waals surface area contributed by atoms with Crippen molar-refractivity contribution in [1.29, 1.82) is 0 Å². The molecule has 4 aromatic rings. The number of amides is 1. The van der Waals surface area contributed by atoms with Gasteiger partial charge in [-0.2, -0.15) is 9.04 Å². The number of nitrogens with one attached hydrogen (secondary N) is 1. The van der Waals surface area contributed by atoms with Gasteiger partial charge in [0.1, 0.15) is 5.03 Å². The SMILES string of the molecule is CCC1CN(S(=O)(=O)c2cc3cc(Cl)ccc3[nH]2)CCN1C(=O)c1ncc(-c2cccc[n+]2[O-])cn1. The molecule has 0 radical (unpaired) electrons. The number of hydrogen-bond acceptors (Lipinski definition) is 6. The van der Waals surface area contributed by atoms with E-state index < -0.39 is 10.0 Å². The van der Waals surface area contributed by atoms with E-state index in [1.165, 1.54) is 22.9 Å².